The Bertz CT molecular complexity index is 471. The number of carbonyl (C=O) groups excluding carboxylic acids is 1. The van der Waals surface area contributed by atoms with Crippen molar-refractivity contribution in [2.45, 2.75) is 38.8 Å². The van der Waals surface area contributed by atoms with Crippen molar-refractivity contribution in [1.82, 2.24) is 4.90 Å². The zero-order chi connectivity index (χ0) is 12.0. The van der Waals surface area contributed by atoms with Crippen molar-refractivity contribution in [2.75, 3.05) is 11.9 Å². The second-order valence-electron chi connectivity index (χ2n) is 4.78. The van der Waals surface area contributed by atoms with E-state index in [0.717, 1.165) is 40.8 Å². The molecule has 2 aliphatic heterocycles. The Morgan fingerprint density at radius 1 is 1.47 bits per heavy atom. The lowest BCUT2D eigenvalue weighted by molar-refractivity contribution is -0.122. The van der Waals surface area contributed by atoms with E-state index in [1.165, 1.54) is 23.3 Å². The van der Waals surface area contributed by atoms with E-state index in [2.05, 4.69) is 10.2 Å². The van der Waals surface area contributed by atoms with Crippen molar-refractivity contribution in [1.29, 1.82) is 0 Å². The highest BCUT2D eigenvalue weighted by molar-refractivity contribution is 7.20. The van der Waals surface area contributed by atoms with Crippen molar-refractivity contribution < 1.29 is 4.79 Å². The van der Waals surface area contributed by atoms with Gasteiger partial charge in [0.25, 0.3) is 0 Å². The summed E-state index contributed by atoms with van der Waals surface area (Å²) in [5.74, 6) is 0.140. The molecule has 1 fully saturated rings. The van der Waals surface area contributed by atoms with Crippen LogP contribution in [-0.4, -0.2) is 23.4 Å². The third kappa shape index (κ3) is 1.88. The van der Waals surface area contributed by atoms with Crippen LogP contribution in [0.3, 0.4) is 0 Å². The van der Waals surface area contributed by atoms with E-state index in [-0.39, 0.29) is 11.9 Å². The second-order valence-corrected chi connectivity index (χ2v) is 6.40. The standard InChI is InChI=1S/C12H15ClN2OS/c1-7-8-6-15-5-3-2-4-9(15)11(16)14-12(8)17-10(7)13/h9H,2-6H2,1H3,(H,14,16). The first kappa shape index (κ1) is 11.5. The molecule has 1 saturated heterocycles. The molecule has 0 saturated carbocycles. The number of fused-ring (bicyclic) bond motifs is 2. The van der Waals surface area contributed by atoms with Crippen molar-refractivity contribution in [3.63, 3.8) is 0 Å². The van der Waals surface area contributed by atoms with E-state index in [9.17, 15) is 4.79 Å². The average molecular weight is 271 g/mol. The summed E-state index contributed by atoms with van der Waals surface area (Å²) in [6.45, 7) is 3.91. The summed E-state index contributed by atoms with van der Waals surface area (Å²) < 4.78 is 0.797. The molecule has 3 nitrogen and oxygen atoms in total. The Balaban J connectivity index is 2.00. The molecule has 1 N–H and O–H groups in total. The summed E-state index contributed by atoms with van der Waals surface area (Å²) in [7, 11) is 0. The quantitative estimate of drug-likeness (QED) is 0.786. The number of anilines is 1. The summed E-state index contributed by atoms with van der Waals surface area (Å²) in [5, 5.41) is 3.99. The summed E-state index contributed by atoms with van der Waals surface area (Å²) in [6, 6.07) is 0.0570. The van der Waals surface area contributed by atoms with Gasteiger partial charge in [0.15, 0.2) is 0 Å². The minimum atomic E-state index is 0.0570. The number of thiophene rings is 1. The molecule has 2 aliphatic rings. The molecule has 0 aliphatic carbocycles. The zero-order valence-corrected chi connectivity index (χ0v) is 11.3. The Labute approximate surface area is 110 Å². The number of hydrogen-bond acceptors (Lipinski definition) is 3. The number of carbonyl (C=O) groups is 1. The monoisotopic (exact) mass is 270 g/mol. The van der Waals surface area contributed by atoms with E-state index < -0.39 is 0 Å². The molecule has 5 heteroatoms. The normalized spacial score (nSPS) is 24.8. The molecule has 92 valence electrons. The van der Waals surface area contributed by atoms with Gasteiger partial charge in [0.1, 0.15) is 5.00 Å². The molecule has 1 amide bonds. The lowest BCUT2D eigenvalue weighted by Gasteiger charge is -2.32. The van der Waals surface area contributed by atoms with Crippen LogP contribution in [0.2, 0.25) is 4.34 Å². The third-order valence-corrected chi connectivity index (χ3v) is 5.28. The Morgan fingerprint density at radius 2 is 2.29 bits per heavy atom. The summed E-state index contributed by atoms with van der Waals surface area (Å²) in [4.78, 5) is 14.4. The second kappa shape index (κ2) is 4.26. The molecule has 1 aromatic rings. The van der Waals surface area contributed by atoms with Gasteiger partial charge >= 0.3 is 0 Å². The first-order chi connectivity index (χ1) is 8.16. The minimum Gasteiger partial charge on any atom is -0.316 e. The number of halogens is 1. The first-order valence-corrected chi connectivity index (χ1v) is 7.19. The molecule has 1 unspecified atom stereocenters. The fourth-order valence-corrected chi connectivity index (χ4v) is 3.98. The van der Waals surface area contributed by atoms with Crippen LogP contribution in [0.15, 0.2) is 0 Å². The maximum absolute atomic E-state index is 12.1. The lowest BCUT2D eigenvalue weighted by atomic mass is 10.0. The fourth-order valence-electron chi connectivity index (χ4n) is 2.68. The van der Waals surface area contributed by atoms with Gasteiger partial charge in [-0.3, -0.25) is 9.69 Å². The van der Waals surface area contributed by atoms with Gasteiger partial charge in [-0.1, -0.05) is 18.0 Å². The molecule has 0 radical (unpaired) electrons. The highest BCUT2D eigenvalue weighted by atomic mass is 35.5. The van der Waals surface area contributed by atoms with Crippen LogP contribution in [0.5, 0.6) is 0 Å². The molecular weight excluding hydrogens is 256 g/mol. The molecule has 3 rings (SSSR count). The van der Waals surface area contributed by atoms with Crippen LogP contribution >= 0.6 is 22.9 Å². The first-order valence-electron chi connectivity index (χ1n) is 5.99. The van der Waals surface area contributed by atoms with Crippen LogP contribution in [0.1, 0.15) is 30.4 Å². The van der Waals surface area contributed by atoms with E-state index in [1.54, 1.807) is 0 Å². The molecule has 0 aromatic carbocycles. The van der Waals surface area contributed by atoms with Gasteiger partial charge in [-0.25, -0.2) is 0 Å². The highest BCUT2D eigenvalue weighted by Crippen LogP contribution is 2.40. The number of nitrogens with one attached hydrogen (secondary N) is 1. The number of nitrogens with zero attached hydrogens (tertiary/aromatic N) is 1. The number of amides is 1. The van der Waals surface area contributed by atoms with E-state index in [4.69, 9.17) is 11.6 Å². The van der Waals surface area contributed by atoms with Crippen LogP contribution in [0.25, 0.3) is 0 Å². The van der Waals surface area contributed by atoms with Crippen LogP contribution < -0.4 is 5.32 Å². The number of piperidine rings is 1. The molecule has 1 aromatic heterocycles. The predicted molar refractivity (Wildman–Crippen MR) is 70.7 cm³/mol. The molecular formula is C12H15ClN2OS. The summed E-state index contributed by atoms with van der Waals surface area (Å²) in [5.41, 5.74) is 2.33. The van der Waals surface area contributed by atoms with Crippen molar-refractivity contribution in [3.05, 3.63) is 15.5 Å². The highest BCUT2D eigenvalue weighted by Gasteiger charge is 2.33. The fraction of sp³-hybridized carbons (Fsp3) is 0.583. The van der Waals surface area contributed by atoms with E-state index in [1.807, 2.05) is 6.92 Å². The number of rotatable bonds is 0. The van der Waals surface area contributed by atoms with E-state index in [0.29, 0.717) is 0 Å². The van der Waals surface area contributed by atoms with Crippen LogP contribution in [0.4, 0.5) is 5.00 Å². The van der Waals surface area contributed by atoms with Gasteiger partial charge in [-0.15, -0.1) is 11.3 Å². The topological polar surface area (TPSA) is 32.3 Å². The van der Waals surface area contributed by atoms with E-state index >= 15 is 0 Å². The Hall–Kier alpha value is -0.580. The molecule has 1 atom stereocenters. The van der Waals surface area contributed by atoms with Crippen molar-refractivity contribution >= 4 is 33.8 Å². The molecule has 3 heterocycles. The maximum Gasteiger partial charge on any atom is 0.242 e. The summed E-state index contributed by atoms with van der Waals surface area (Å²) >= 11 is 7.63. The van der Waals surface area contributed by atoms with Gasteiger partial charge in [-0.2, -0.15) is 0 Å². The van der Waals surface area contributed by atoms with Gasteiger partial charge < -0.3 is 5.32 Å². The largest absolute Gasteiger partial charge is 0.316 e. The third-order valence-electron chi connectivity index (χ3n) is 3.73. The molecule has 0 spiro atoms. The SMILES string of the molecule is Cc1c(Cl)sc2c1CN1CCCCC1C(=O)N2. The van der Waals surface area contributed by atoms with Crippen molar-refractivity contribution in [3.8, 4) is 0 Å². The average Bonchev–Trinajstić information content (AvgIpc) is 2.50. The lowest BCUT2D eigenvalue weighted by Crippen LogP contribution is -2.44. The predicted octanol–water partition coefficient (Wildman–Crippen LogP) is 3.02. The minimum absolute atomic E-state index is 0.0570. The smallest absolute Gasteiger partial charge is 0.242 e. The van der Waals surface area contributed by atoms with Crippen LogP contribution in [-0.2, 0) is 11.3 Å². The van der Waals surface area contributed by atoms with Crippen LogP contribution in [0, 0.1) is 6.92 Å². The van der Waals surface area contributed by atoms with Gasteiger partial charge in [0.05, 0.1) is 10.4 Å². The van der Waals surface area contributed by atoms with Gasteiger partial charge in [0.2, 0.25) is 5.91 Å². The zero-order valence-electron chi connectivity index (χ0n) is 9.75. The molecule has 17 heavy (non-hydrogen) atoms. The molecule has 0 bridgehead atoms. The van der Waals surface area contributed by atoms with Gasteiger partial charge in [-0.05, 0) is 31.9 Å². The Morgan fingerprint density at radius 3 is 3.12 bits per heavy atom. The number of hydrogen-bond donors (Lipinski definition) is 1. The van der Waals surface area contributed by atoms with Crippen molar-refractivity contribution in [2.24, 2.45) is 0 Å². The van der Waals surface area contributed by atoms with Gasteiger partial charge in [0, 0.05) is 12.1 Å². The Kier molecular flexibility index (Phi) is 2.89. The summed E-state index contributed by atoms with van der Waals surface area (Å²) in [6.07, 6.45) is 3.32. The maximum atomic E-state index is 12.1.